The third-order valence-corrected chi connectivity index (χ3v) is 4.24. The standard InChI is InChI=1S/C20H26ClNO/c1-4-12-22(13-5-2)15-16-10-11-19(21)18(14-16)17-8-6-7-9-20(17)23-3/h6-11,14H,4-5,12-13,15H2,1-3H3. The van der Waals surface area contributed by atoms with Crippen LogP contribution < -0.4 is 4.74 Å². The lowest BCUT2D eigenvalue weighted by molar-refractivity contribution is 0.266. The molecule has 23 heavy (non-hydrogen) atoms. The van der Waals surface area contributed by atoms with Crippen LogP contribution >= 0.6 is 11.6 Å². The predicted octanol–water partition coefficient (Wildman–Crippen LogP) is 5.64. The zero-order chi connectivity index (χ0) is 16.7. The first-order valence-electron chi connectivity index (χ1n) is 8.33. The molecule has 0 atom stereocenters. The van der Waals surface area contributed by atoms with Gasteiger partial charge in [-0.2, -0.15) is 0 Å². The molecular formula is C20H26ClNO. The van der Waals surface area contributed by atoms with Crippen molar-refractivity contribution in [3.8, 4) is 16.9 Å². The number of hydrogen-bond acceptors (Lipinski definition) is 2. The summed E-state index contributed by atoms with van der Waals surface area (Å²) in [7, 11) is 1.70. The SMILES string of the molecule is CCCN(CCC)Cc1ccc(Cl)c(-c2ccccc2OC)c1. The van der Waals surface area contributed by atoms with E-state index < -0.39 is 0 Å². The predicted molar refractivity (Wildman–Crippen MR) is 99.3 cm³/mol. The molecule has 0 amide bonds. The molecule has 2 aromatic rings. The molecule has 0 aliphatic heterocycles. The Morgan fingerprint density at radius 2 is 1.65 bits per heavy atom. The summed E-state index contributed by atoms with van der Waals surface area (Å²) in [6, 6.07) is 14.3. The van der Waals surface area contributed by atoms with E-state index in [-0.39, 0.29) is 0 Å². The van der Waals surface area contributed by atoms with Crippen LogP contribution in [0.2, 0.25) is 5.02 Å². The first-order chi connectivity index (χ1) is 11.2. The Kier molecular flexibility index (Phi) is 6.94. The Morgan fingerprint density at radius 1 is 0.957 bits per heavy atom. The molecule has 2 aromatic carbocycles. The molecule has 0 saturated carbocycles. The molecule has 0 saturated heterocycles. The molecule has 2 rings (SSSR count). The molecule has 0 heterocycles. The quantitative estimate of drug-likeness (QED) is 0.620. The van der Waals surface area contributed by atoms with E-state index >= 15 is 0 Å². The largest absolute Gasteiger partial charge is 0.496 e. The highest BCUT2D eigenvalue weighted by Crippen LogP contribution is 2.35. The van der Waals surface area contributed by atoms with Gasteiger partial charge < -0.3 is 4.74 Å². The van der Waals surface area contributed by atoms with E-state index in [0.29, 0.717) is 0 Å². The van der Waals surface area contributed by atoms with Crippen LogP contribution in [0.5, 0.6) is 5.75 Å². The third-order valence-electron chi connectivity index (χ3n) is 3.91. The summed E-state index contributed by atoms with van der Waals surface area (Å²) in [6.07, 6.45) is 2.35. The van der Waals surface area contributed by atoms with Gasteiger partial charge in [-0.15, -0.1) is 0 Å². The average molecular weight is 332 g/mol. The second kappa shape index (κ2) is 8.95. The van der Waals surface area contributed by atoms with Crippen molar-refractivity contribution >= 4 is 11.6 Å². The summed E-state index contributed by atoms with van der Waals surface area (Å²) in [5.41, 5.74) is 3.37. The van der Waals surface area contributed by atoms with Crippen LogP contribution in [0, 0.1) is 0 Å². The summed E-state index contributed by atoms with van der Waals surface area (Å²) >= 11 is 6.45. The van der Waals surface area contributed by atoms with Gasteiger partial charge in [-0.05, 0) is 49.7 Å². The maximum atomic E-state index is 6.45. The molecule has 0 radical (unpaired) electrons. The van der Waals surface area contributed by atoms with Gasteiger partial charge in [-0.25, -0.2) is 0 Å². The molecule has 0 bridgehead atoms. The number of benzene rings is 2. The lowest BCUT2D eigenvalue weighted by atomic mass is 10.0. The molecular weight excluding hydrogens is 306 g/mol. The van der Waals surface area contributed by atoms with Gasteiger partial charge in [0.15, 0.2) is 0 Å². The molecule has 0 fully saturated rings. The lowest BCUT2D eigenvalue weighted by Crippen LogP contribution is -2.24. The van der Waals surface area contributed by atoms with Gasteiger partial charge in [0.2, 0.25) is 0 Å². The minimum absolute atomic E-state index is 0.760. The highest BCUT2D eigenvalue weighted by molar-refractivity contribution is 6.33. The Morgan fingerprint density at radius 3 is 2.30 bits per heavy atom. The van der Waals surface area contributed by atoms with Crippen LogP contribution in [-0.2, 0) is 6.54 Å². The van der Waals surface area contributed by atoms with Gasteiger partial charge in [0.25, 0.3) is 0 Å². The van der Waals surface area contributed by atoms with Gasteiger partial charge in [-0.3, -0.25) is 4.90 Å². The van der Waals surface area contributed by atoms with Crippen molar-refractivity contribution in [2.75, 3.05) is 20.2 Å². The van der Waals surface area contributed by atoms with Crippen molar-refractivity contribution in [1.82, 2.24) is 4.90 Å². The number of methoxy groups -OCH3 is 1. The van der Waals surface area contributed by atoms with Crippen LogP contribution in [0.4, 0.5) is 0 Å². The second-order valence-corrected chi connectivity index (χ2v) is 6.20. The number of halogens is 1. The fourth-order valence-corrected chi connectivity index (χ4v) is 3.12. The van der Waals surface area contributed by atoms with Crippen molar-refractivity contribution in [3.05, 3.63) is 53.1 Å². The van der Waals surface area contributed by atoms with Gasteiger partial charge in [-0.1, -0.05) is 49.7 Å². The monoisotopic (exact) mass is 331 g/mol. The minimum atomic E-state index is 0.760. The number of nitrogens with zero attached hydrogens (tertiary/aromatic N) is 1. The maximum Gasteiger partial charge on any atom is 0.126 e. The number of ether oxygens (including phenoxy) is 1. The molecule has 0 unspecified atom stereocenters. The Balaban J connectivity index is 2.31. The summed E-state index contributed by atoms with van der Waals surface area (Å²) in [6.45, 7) is 7.66. The van der Waals surface area contributed by atoms with Crippen molar-refractivity contribution in [1.29, 1.82) is 0 Å². The summed E-state index contributed by atoms with van der Waals surface area (Å²) in [5.74, 6) is 0.852. The Hall–Kier alpha value is -1.51. The summed E-state index contributed by atoms with van der Waals surface area (Å²) in [5, 5.41) is 0.760. The molecule has 0 aliphatic carbocycles. The van der Waals surface area contributed by atoms with Gasteiger partial charge in [0, 0.05) is 22.7 Å². The van der Waals surface area contributed by atoms with Crippen molar-refractivity contribution < 1.29 is 4.74 Å². The highest BCUT2D eigenvalue weighted by atomic mass is 35.5. The zero-order valence-electron chi connectivity index (χ0n) is 14.3. The smallest absolute Gasteiger partial charge is 0.126 e. The molecule has 0 N–H and O–H groups in total. The van der Waals surface area contributed by atoms with E-state index in [2.05, 4.69) is 36.9 Å². The van der Waals surface area contributed by atoms with Crippen molar-refractivity contribution in [3.63, 3.8) is 0 Å². The number of para-hydroxylation sites is 1. The van der Waals surface area contributed by atoms with Crippen LogP contribution in [0.15, 0.2) is 42.5 Å². The third kappa shape index (κ3) is 4.73. The highest BCUT2D eigenvalue weighted by Gasteiger charge is 2.11. The van der Waals surface area contributed by atoms with Crippen molar-refractivity contribution in [2.45, 2.75) is 33.2 Å². The molecule has 0 aliphatic rings. The summed E-state index contributed by atoms with van der Waals surface area (Å²) < 4.78 is 5.48. The van der Waals surface area contributed by atoms with Crippen molar-refractivity contribution in [2.24, 2.45) is 0 Å². The van der Waals surface area contributed by atoms with Crippen LogP contribution in [0.3, 0.4) is 0 Å². The van der Waals surface area contributed by atoms with Gasteiger partial charge in [0.05, 0.1) is 7.11 Å². The molecule has 0 aromatic heterocycles. The average Bonchev–Trinajstić information content (AvgIpc) is 2.57. The van der Waals surface area contributed by atoms with E-state index in [4.69, 9.17) is 16.3 Å². The van der Waals surface area contributed by atoms with E-state index in [1.54, 1.807) is 7.11 Å². The second-order valence-electron chi connectivity index (χ2n) is 5.79. The fraction of sp³-hybridized carbons (Fsp3) is 0.400. The van der Waals surface area contributed by atoms with Crippen LogP contribution in [0.1, 0.15) is 32.3 Å². The van der Waals surface area contributed by atoms with Crippen LogP contribution in [0.25, 0.3) is 11.1 Å². The van der Waals surface area contributed by atoms with Gasteiger partial charge in [0.1, 0.15) is 5.75 Å². The minimum Gasteiger partial charge on any atom is -0.496 e. The molecule has 3 heteroatoms. The Labute approximate surface area is 145 Å². The molecule has 2 nitrogen and oxygen atoms in total. The molecule has 0 spiro atoms. The first-order valence-corrected chi connectivity index (χ1v) is 8.71. The first kappa shape index (κ1) is 17.8. The van der Waals surface area contributed by atoms with E-state index in [9.17, 15) is 0 Å². The number of hydrogen-bond donors (Lipinski definition) is 0. The zero-order valence-corrected chi connectivity index (χ0v) is 15.1. The van der Waals surface area contributed by atoms with Gasteiger partial charge >= 0.3 is 0 Å². The summed E-state index contributed by atoms with van der Waals surface area (Å²) in [4.78, 5) is 2.50. The maximum absolute atomic E-state index is 6.45. The lowest BCUT2D eigenvalue weighted by Gasteiger charge is -2.21. The van der Waals surface area contributed by atoms with E-state index in [0.717, 1.165) is 41.5 Å². The molecule has 124 valence electrons. The Bertz CT molecular complexity index is 621. The van der Waals surface area contributed by atoms with E-state index in [1.807, 2.05) is 24.3 Å². The topological polar surface area (TPSA) is 12.5 Å². The normalized spacial score (nSPS) is 11.0. The number of rotatable bonds is 8. The fourth-order valence-electron chi connectivity index (χ4n) is 2.90. The van der Waals surface area contributed by atoms with E-state index in [1.165, 1.54) is 18.4 Å². The van der Waals surface area contributed by atoms with Crippen LogP contribution in [-0.4, -0.2) is 25.1 Å².